The molecule has 9 nitrogen and oxygen atoms in total. The van der Waals surface area contributed by atoms with Gasteiger partial charge in [0.25, 0.3) is 11.6 Å². The number of rotatable bonds is 6. The summed E-state index contributed by atoms with van der Waals surface area (Å²) in [6, 6.07) is 13.3. The summed E-state index contributed by atoms with van der Waals surface area (Å²) < 4.78 is 5.91. The average Bonchev–Trinajstić information content (AvgIpc) is 3.17. The largest absolute Gasteiger partial charge is 0.455 e. The lowest BCUT2D eigenvalue weighted by molar-refractivity contribution is -0.384. The summed E-state index contributed by atoms with van der Waals surface area (Å²) in [6.45, 7) is 3.73. The Kier molecular flexibility index (Phi) is 6.53. The van der Waals surface area contributed by atoms with Crippen molar-refractivity contribution in [3.63, 3.8) is 0 Å². The van der Waals surface area contributed by atoms with E-state index >= 15 is 0 Å². The number of amides is 2. The molecule has 0 saturated carbocycles. The summed E-state index contributed by atoms with van der Waals surface area (Å²) in [5.41, 5.74) is 6.95. The average molecular weight is 460 g/mol. The maximum absolute atomic E-state index is 12.9. The quantitative estimate of drug-likeness (QED) is 0.415. The van der Waals surface area contributed by atoms with Crippen molar-refractivity contribution in [2.24, 2.45) is 5.10 Å². The van der Waals surface area contributed by atoms with E-state index in [2.05, 4.69) is 15.8 Å². The lowest BCUT2D eigenvalue weighted by atomic mass is 9.93. The molecule has 1 aliphatic carbocycles. The summed E-state index contributed by atoms with van der Waals surface area (Å²) in [4.78, 5) is 35.5. The van der Waals surface area contributed by atoms with Crippen LogP contribution in [0.2, 0.25) is 0 Å². The first-order chi connectivity index (χ1) is 16.3. The van der Waals surface area contributed by atoms with E-state index in [1.54, 1.807) is 12.1 Å². The number of benzene rings is 2. The van der Waals surface area contributed by atoms with Crippen LogP contribution in [0, 0.1) is 24.0 Å². The van der Waals surface area contributed by atoms with Gasteiger partial charge in [-0.15, -0.1) is 0 Å². The molecule has 4 rings (SSSR count). The predicted molar refractivity (Wildman–Crippen MR) is 127 cm³/mol. The molecule has 2 aromatic carbocycles. The number of carbonyl (C=O) groups excluding carboxylic acids is 2. The van der Waals surface area contributed by atoms with E-state index in [9.17, 15) is 19.7 Å². The molecule has 2 amide bonds. The third-order valence-electron chi connectivity index (χ3n) is 5.75. The fourth-order valence-electron chi connectivity index (χ4n) is 3.98. The Labute approximate surface area is 196 Å². The number of para-hydroxylation sites is 1. The summed E-state index contributed by atoms with van der Waals surface area (Å²) in [5.74, 6) is 0.247. The second-order valence-corrected chi connectivity index (χ2v) is 8.17. The topological polar surface area (TPSA) is 127 Å². The molecule has 1 aliphatic rings. The van der Waals surface area contributed by atoms with E-state index < -0.39 is 4.92 Å². The highest BCUT2D eigenvalue weighted by Gasteiger charge is 2.28. The number of nitro groups is 1. The van der Waals surface area contributed by atoms with Crippen molar-refractivity contribution >= 4 is 28.9 Å². The summed E-state index contributed by atoms with van der Waals surface area (Å²) in [7, 11) is 0. The SMILES string of the molecule is Cc1ccccc1NC(=O)c1oc2c(c1C)/C(=N/NC(=O)Cc1ccc([N+](=O)[O-])cc1)CCC2. The molecule has 34 heavy (non-hydrogen) atoms. The number of carbonyl (C=O) groups is 2. The second kappa shape index (κ2) is 9.70. The summed E-state index contributed by atoms with van der Waals surface area (Å²) in [6.07, 6.45) is 2.15. The van der Waals surface area contributed by atoms with Crippen LogP contribution in [-0.2, 0) is 17.6 Å². The molecule has 174 valence electrons. The van der Waals surface area contributed by atoms with Crippen LogP contribution in [0.1, 0.15) is 51.4 Å². The molecule has 0 radical (unpaired) electrons. The van der Waals surface area contributed by atoms with Crippen LogP contribution >= 0.6 is 0 Å². The summed E-state index contributed by atoms with van der Waals surface area (Å²) >= 11 is 0. The van der Waals surface area contributed by atoms with E-state index in [4.69, 9.17) is 4.42 Å². The van der Waals surface area contributed by atoms with Crippen molar-refractivity contribution < 1.29 is 18.9 Å². The predicted octanol–water partition coefficient (Wildman–Crippen LogP) is 4.46. The zero-order chi connectivity index (χ0) is 24.2. The van der Waals surface area contributed by atoms with Crippen LogP contribution in [-0.4, -0.2) is 22.4 Å². The molecule has 1 heterocycles. The number of fused-ring (bicyclic) bond motifs is 1. The molecule has 1 aromatic heterocycles. The molecule has 2 N–H and O–H groups in total. The van der Waals surface area contributed by atoms with Crippen LogP contribution < -0.4 is 10.7 Å². The minimum atomic E-state index is -0.487. The molecular weight excluding hydrogens is 436 g/mol. The van der Waals surface area contributed by atoms with E-state index in [0.29, 0.717) is 41.1 Å². The van der Waals surface area contributed by atoms with Gasteiger partial charge in [-0.2, -0.15) is 5.10 Å². The monoisotopic (exact) mass is 460 g/mol. The van der Waals surface area contributed by atoms with Crippen molar-refractivity contribution in [3.8, 4) is 0 Å². The minimum absolute atomic E-state index is 0.0307. The molecule has 3 aromatic rings. The van der Waals surface area contributed by atoms with Gasteiger partial charge in [-0.05, 0) is 43.9 Å². The first-order valence-electron chi connectivity index (χ1n) is 10.9. The van der Waals surface area contributed by atoms with E-state index in [0.717, 1.165) is 17.5 Å². The van der Waals surface area contributed by atoms with E-state index in [1.165, 1.54) is 12.1 Å². The lowest BCUT2D eigenvalue weighted by Crippen LogP contribution is -2.23. The van der Waals surface area contributed by atoms with Gasteiger partial charge in [0.15, 0.2) is 5.76 Å². The lowest BCUT2D eigenvalue weighted by Gasteiger charge is -2.13. The third-order valence-corrected chi connectivity index (χ3v) is 5.75. The Morgan fingerprint density at radius 2 is 1.82 bits per heavy atom. The van der Waals surface area contributed by atoms with Crippen LogP contribution in [0.15, 0.2) is 58.0 Å². The molecule has 0 bridgehead atoms. The van der Waals surface area contributed by atoms with E-state index in [-0.39, 0.29) is 29.7 Å². The van der Waals surface area contributed by atoms with Gasteiger partial charge in [0.2, 0.25) is 5.91 Å². The number of nitrogens with zero attached hydrogens (tertiary/aromatic N) is 2. The molecule has 0 atom stereocenters. The maximum atomic E-state index is 12.9. The van der Waals surface area contributed by atoms with Crippen molar-refractivity contribution in [1.82, 2.24) is 5.43 Å². The van der Waals surface area contributed by atoms with Gasteiger partial charge in [-0.1, -0.05) is 30.3 Å². The van der Waals surface area contributed by atoms with Crippen LogP contribution in [0.25, 0.3) is 0 Å². The highest BCUT2D eigenvalue weighted by atomic mass is 16.6. The third kappa shape index (κ3) is 4.88. The molecular formula is C25H24N4O5. The fraction of sp³-hybridized carbons (Fsp3) is 0.240. The van der Waals surface area contributed by atoms with Gasteiger partial charge in [0, 0.05) is 35.4 Å². The van der Waals surface area contributed by atoms with Gasteiger partial charge in [0.1, 0.15) is 5.76 Å². The number of nitro benzene ring substituents is 1. The Morgan fingerprint density at radius 3 is 2.53 bits per heavy atom. The highest BCUT2D eigenvalue weighted by Crippen LogP contribution is 2.30. The second-order valence-electron chi connectivity index (χ2n) is 8.17. The molecule has 0 fully saturated rings. The van der Waals surface area contributed by atoms with Crippen LogP contribution in [0.4, 0.5) is 11.4 Å². The number of anilines is 1. The number of furan rings is 1. The number of non-ortho nitro benzene ring substituents is 1. The Bertz CT molecular complexity index is 1290. The first-order valence-corrected chi connectivity index (χ1v) is 10.9. The van der Waals surface area contributed by atoms with Crippen molar-refractivity contribution in [2.45, 2.75) is 39.5 Å². The summed E-state index contributed by atoms with van der Waals surface area (Å²) in [5, 5.41) is 18.0. The minimum Gasteiger partial charge on any atom is -0.455 e. The molecule has 0 unspecified atom stereocenters. The van der Waals surface area contributed by atoms with Gasteiger partial charge in [0.05, 0.1) is 17.1 Å². The molecule has 0 spiro atoms. The highest BCUT2D eigenvalue weighted by molar-refractivity contribution is 6.09. The van der Waals surface area contributed by atoms with Gasteiger partial charge >= 0.3 is 0 Å². The zero-order valence-electron chi connectivity index (χ0n) is 18.9. The standard InChI is InChI=1S/C25H24N4O5/c1-15-6-3-4-7-19(15)26-25(31)24-16(2)23-20(8-5-9-21(23)34-24)27-28-22(30)14-17-10-12-18(13-11-17)29(32)33/h3-4,6-7,10-13H,5,8-9,14H2,1-2H3,(H,26,31)(H,28,30)/b27-20+. The number of aryl methyl sites for hydroxylation is 2. The number of hydrogen-bond donors (Lipinski definition) is 2. The smallest absolute Gasteiger partial charge is 0.291 e. The maximum Gasteiger partial charge on any atom is 0.291 e. The number of hydrogen-bond acceptors (Lipinski definition) is 6. The van der Waals surface area contributed by atoms with Gasteiger partial charge in [-0.25, -0.2) is 5.43 Å². The molecule has 0 aliphatic heterocycles. The van der Waals surface area contributed by atoms with Crippen LogP contribution in [0.5, 0.6) is 0 Å². The number of nitrogens with one attached hydrogen (secondary N) is 2. The fourth-order valence-corrected chi connectivity index (χ4v) is 3.98. The Balaban J connectivity index is 1.48. The Hall–Kier alpha value is -4.27. The van der Waals surface area contributed by atoms with Crippen molar-refractivity contribution in [1.29, 1.82) is 0 Å². The van der Waals surface area contributed by atoms with Crippen LogP contribution in [0.3, 0.4) is 0 Å². The first kappa shape index (κ1) is 22.9. The van der Waals surface area contributed by atoms with Crippen molar-refractivity contribution in [2.75, 3.05) is 5.32 Å². The van der Waals surface area contributed by atoms with Gasteiger partial charge < -0.3 is 9.73 Å². The van der Waals surface area contributed by atoms with Gasteiger partial charge in [-0.3, -0.25) is 19.7 Å². The van der Waals surface area contributed by atoms with Crippen molar-refractivity contribution in [3.05, 3.63) is 92.4 Å². The number of hydrazone groups is 1. The zero-order valence-corrected chi connectivity index (χ0v) is 18.9. The van der Waals surface area contributed by atoms with E-state index in [1.807, 2.05) is 38.1 Å². The normalized spacial score (nSPS) is 13.9. The molecule has 9 heteroatoms. The Morgan fingerprint density at radius 1 is 1.09 bits per heavy atom. The molecule has 0 saturated heterocycles.